The Labute approximate surface area is 121 Å². The minimum Gasteiger partial charge on any atom is -0.467 e. The molecule has 3 rings (SSSR count). The number of aromatic nitrogens is 2. The van der Waals surface area contributed by atoms with Crippen LogP contribution in [0.2, 0.25) is 0 Å². The normalized spacial score (nSPS) is 11.1. The van der Waals surface area contributed by atoms with E-state index in [1.165, 1.54) is 4.88 Å². The molecule has 104 valence electrons. The predicted molar refractivity (Wildman–Crippen MR) is 82.0 cm³/mol. The third-order valence-corrected chi connectivity index (χ3v) is 4.30. The lowest BCUT2D eigenvalue weighted by Gasteiger charge is -2.17. The number of hydrogen-bond donors (Lipinski definition) is 1. The molecule has 5 nitrogen and oxygen atoms in total. The molecule has 0 fully saturated rings. The van der Waals surface area contributed by atoms with E-state index in [-0.39, 0.29) is 0 Å². The van der Waals surface area contributed by atoms with Gasteiger partial charge in [-0.2, -0.15) is 4.98 Å². The van der Waals surface area contributed by atoms with Gasteiger partial charge >= 0.3 is 0 Å². The summed E-state index contributed by atoms with van der Waals surface area (Å²) in [5.74, 6) is 2.05. The van der Waals surface area contributed by atoms with Crippen molar-refractivity contribution in [3.63, 3.8) is 0 Å². The zero-order valence-corrected chi connectivity index (χ0v) is 12.3. The van der Waals surface area contributed by atoms with Crippen LogP contribution in [0.4, 0.5) is 11.8 Å². The summed E-state index contributed by atoms with van der Waals surface area (Å²) in [6.07, 6.45) is 2.66. The first kappa shape index (κ1) is 12.9. The summed E-state index contributed by atoms with van der Waals surface area (Å²) < 4.78 is 5.38. The highest BCUT2D eigenvalue weighted by Gasteiger charge is 2.14. The smallest absolute Gasteiger partial charge is 0.223 e. The maximum atomic E-state index is 5.82. The van der Waals surface area contributed by atoms with Gasteiger partial charge in [-0.3, -0.25) is 0 Å². The summed E-state index contributed by atoms with van der Waals surface area (Å²) in [4.78, 5) is 13.0. The van der Waals surface area contributed by atoms with E-state index >= 15 is 0 Å². The first-order valence-corrected chi connectivity index (χ1v) is 7.28. The van der Waals surface area contributed by atoms with Gasteiger partial charge in [0.2, 0.25) is 5.95 Å². The zero-order chi connectivity index (χ0) is 14.1. The predicted octanol–water partition coefficient (Wildman–Crippen LogP) is 3.07. The summed E-state index contributed by atoms with van der Waals surface area (Å²) in [7, 11) is 1.98. The van der Waals surface area contributed by atoms with E-state index in [9.17, 15) is 0 Å². The Balaban J connectivity index is 2.02. The lowest BCUT2D eigenvalue weighted by atomic mass is 10.3. The molecule has 6 heteroatoms. The SMILES string of the molecule is CCc1cc2c(N(C)Cc3ccco3)nc(N)nc2s1. The van der Waals surface area contributed by atoms with Crippen LogP contribution in [0.25, 0.3) is 10.2 Å². The Morgan fingerprint density at radius 1 is 1.40 bits per heavy atom. The Bertz CT molecular complexity index is 720. The average molecular weight is 288 g/mol. The van der Waals surface area contributed by atoms with E-state index in [1.807, 2.05) is 24.1 Å². The molecule has 0 bridgehead atoms. The number of fused-ring (bicyclic) bond motifs is 1. The van der Waals surface area contributed by atoms with Crippen molar-refractivity contribution >= 4 is 33.3 Å². The van der Waals surface area contributed by atoms with E-state index in [1.54, 1.807) is 17.6 Å². The van der Waals surface area contributed by atoms with Crippen molar-refractivity contribution in [3.05, 3.63) is 35.1 Å². The standard InChI is InChI=1S/C14H16N4OS/c1-3-10-7-11-12(16-14(15)17-13(11)20-10)18(2)8-9-5-4-6-19-9/h4-7H,3,8H2,1-2H3,(H2,15,16,17). The Morgan fingerprint density at radius 3 is 2.95 bits per heavy atom. The summed E-state index contributed by atoms with van der Waals surface area (Å²) in [6, 6.07) is 5.98. The van der Waals surface area contributed by atoms with E-state index in [4.69, 9.17) is 10.2 Å². The minimum absolute atomic E-state index is 0.309. The number of aryl methyl sites for hydroxylation is 1. The second-order valence-electron chi connectivity index (χ2n) is 4.63. The molecule has 0 aliphatic carbocycles. The molecular weight excluding hydrogens is 272 g/mol. The summed E-state index contributed by atoms with van der Waals surface area (Å²) in [6.45, 7) is 2.78. The van der Waals surface area contributed by atoms with Gasteiger partial charge in [0.15, 0.2) is 0 Å². The maximum Gasteiger partial charge on any atom is 0.223 e. The Hall–Kier alpha value is -2.08. The summed E-state index contributed by atoms with van der Waals surface area (Å²) >= 11 is 1.67. The first-order valence-electron chi connectivity index (χ1n) is 6.47. The molecule has 3 aromatic heterocycles. The van der Waals surface area contributed by atoms with Crippen molar-refractivity contribution in [3.8, 4) is 0 Å². The highest BCUT2D eigenvalue weighted by molar-refractivity contribution is 7.18. The van der Waals surface area contributed by atoms with Crippen molar-refractivity contribution in [2.75, 3.05) is 17.7 Å². The molecule has 3 aromatic rings. The van der Waals surface area contributed by atoms with Gasteiger partial charge < -0.3 is 15.1 Å². The first-order chi connectivity index (χ1) is 9.67. The molecular formula is C14H16N4OS. The van der Waals surface area contributed by atoms with Crippen molar-refractivity contribution in [2.24, 2.45) is 0 Å². The van der Waals surface area contributed by atoms with Crippen LogP contribution in [-0.2, 0) is 13.0 Å². The van der Waals surface area contributed by atoms with Gasteiger partial charge in [0.25, 0.3) is 0 Å². The molecule has 0 radical (unpaired) electrons. The van der Waals surface area contributed by atoms with Gasteiger partial charge in [-0.05, 0) is 24.6 Å². The third-order valence-electron chi connectivity index (χ3n) is 3.12. The molecule has 0 unspecified atom stereocenters. The maximum absolute atomic E-state index is 5.82. The number of furan rings is 1. The van der Waals surface area contributed by atoms with Crippen LogP contribution in [-0.4, -0.2) is 17.0 Å². The van der Waals surface area contributed by atoms with Crippen LogP contribution in [0.5, 0.6) is 0 Å². The number of rotatable bonds is 4. The van der Waals surface area contributed by atoms with Gasteiger partial charge in [0, 0.05) is 11.9 Å². The van der Waals surface area contributed by atoms with Crippen molar-refractivity contribution in [1.29, 1.82) is 0 Å². The van der Waals surface area contributed by atoms with Crippen LogP contribution in [0.15, 0.2) is 28.9 Å². The third kappa shape index (κ3) is 2.34. The fourth-order valence-corrected chi connectivity index (χ4v) is 3.12. The number of nitrogens with zero attached hydrogens (tertiary/aromatic N) is 3. The second kappa shape index (κ2) is 5.13. The topological polar surface area (TPSA) is 68.2 Å². The van der Waals surface area contributed by atoms with Crippen molar-refractivity contribution < 1.29 is 4.42 Å². The zero-order valence-electron chi connectivity index (χ0n) is 11.5. The fourth-order valence-electron chi connectivity index (χ4n) is 2.15. The van der Waals surface area contributed by atoms with Crippen LogP contribution in [0.3, 0.4) is 0 Å². The van der Waals surface area contributed by atoms with Crippen LogP contribution >= 0.6 is 11.3 Å². The molecule has 20 heavy (non-hydrogen) atoms. The van der Waals surface area contributed by atoms with Crippen LogP contribution < -0.4 is 10.6 Å². The molecule has 0 saturated carbocycles. The average Bonchev–Trinajstić information content (AvgIpc) is 3.06. The molecule has 2 N–H and O–H groups in total. The lowest BCUT2D eigenvalue weighted by Crippen LogP contribution is -2.18. The van der Waals surface area contributed by atoms with Gasteiger partial charge in [-0.15, -0.1) is 11.3 Å². The number of nitrogens with two attached hydrogens (primary N) is 1. The summed E-state index contributed by atoms with van der Waals surface area (Å²) in [5.41, 5.74) is 5.82. The number of thiophene rings is 1. The number of nitrogen functional groups attached to an aromatic ring is 1. The molecule has 0 saturated heterocycles. The molecule has 3 heterocycles. The monoisotopic (exact) mass is 288 g/mol. The Kier molecular flexibility index (Phi) is 3.31. The van der Waals surface area contributed by atoms with E-state index < -0.39 is 0 Å². The largest absolute Gasteiger partial charge is 0.467 e. The van der Waals surface area contributed by atoms with Gasteiger partial charge in [-0.1, -0.05) is 6.92 Å². The Morgan fingerprint density at radius 2 is 2.25 bits per heavy atom. The van der Waals surface area contributed by atoms with E-state index in [0.29, 0.717) is 12.5 Å². The van der Waals surface area contributed by atoms with Crippen LogP contribution in [0, 0.1) is 0 Å². The molecule has 0 aliphatic heterocycles. The quantitative estimate of drug-likeness (QED) is 0.799. The molecule has 0 spiro atoms. The second-order valence-corrected chi connectivity index (χ2v) is 5.74. The van der Waals surface area contributed by atoms with E-state index in [2.05, 4.69) is 23.0 Å². The molecule has 0 amide bonds. The fraction of sp³-hybridized carbons (Fsp3) is 0.286. The van der Waals surface area contributed by atoms with E-state index in [0.717, 1.165) is 28.2 Å². The van der Waals surface area contributed by atoms with Crippen LogP contribution in [0.1, 0.15) is 17.6 Å². The van der Waals surface area contributed by atoms with Gasteiger partial charge in [0.1, 0.15) is 16.4 Å². The molecule has 0 aliphatic rings. The molecule has 0 atom stereocenters. The number of anilines is 2. The van der Waals surface area contributed by atoms with Crippen molar-refractivity contribution in [2.45, 2.75) is 19.9 Å². The molecule has 0 aromatic carbocycles. The van der Waals surface area contributed by atoms with Gasteiger partial charge in [-0.25, -0.2) is 4.98 Å². The van der Waals surface area contributed by atoms with Crippen molar-refractivity contribution in [1.82, 2.24) is 9.97 Å². The lowest BCUT2D eigenvalue weighted by molar-refractivity contribution is 0.507. The number of hydrogen-bond acceptors (Lipinski definition) is 6. The van der Waals surface area contributed by atoms with Gasteiger partial charge in [0.05, 0.1) is 18.2 Å². The highest BCUT2D eigenvalue weighted by atomic mass is 32.1. The summed E-state index contributed by atoms with van der Waals surface area (Å²) in [5, 5.41) is 1.05. The minimum atomic E-state index is 0.309. The highest BCUT2D eigenvalue weighted by Crippen LogP contribution is 2.31.